The van der Waals surface area contributed by atoms with Crippen molar-refractivity contribution in [3.8, 4) is 22.5 Å². The monoisotopic (exact) mass is 870 g/mol. The fraction of sp³-hybridized carbons (Fsp3) is 0.118. The van der Waals surface area contributed by atoms with Crippen molar-refractivity contribution < 1.29 is 27.0 Å². The third-order valence-corrected chi connectivity index (χ3v) is 12.0. The predicted octanol–water partition coefficient (Wildman–Crippen LogP) is 12.6. The van der Waals surface area contributed by atoms with E-state index in [1.807, 2.05) is 145 Å². The van der Waals surface area contributed by atoms with Crippen LogP contribution in [-0.4, -0.2) is 25.0 Å². The molecule has 0 saturated heterocycles. The van der Waals surface area contributed by atoms with Gasteiger partial charge in [0.2, 0.25) is 0 Å². The first-order valence-corrected chi connectivity index (χ1v) is 22.0. The Morgan fingerprint density at radius 3 is 1.73 bits per heavy atom. The highest BCUT2D eigenvalue weighted by molar-refractivity contribution is 7.86. The maximum absolute atomic E-state index is 13.1. The predicted molar refractivity (Wildman–Crippen MR) is 256 cm³/mol. The number of aryl methyl sites for hydroxylation is 4. The summed E-state index contributed by atoms with van der Waals surface area (Å²) in [6, 6.07) is 38.9. The largest absolute Gasteiger partial charge is 0.456 e. The normalized spacial score (nSPS) is 11.7. The minimum absolute atomic E-state index is 0.246. The molecule has 6 aromatic carbocycles. The zero-order valence-electron chi connectivity index (χ0n) is 36.0. The SMILES string of the molecule is Cc1cc(C)c(NC(=O)Nc2ccccc2)c(C)c1N=c1ccc2c(-c3ccccc3S(=O)(=O)O)c3ccc(Nc4c(C)cc(C)c(NC(=O)Nc5ccccc5)c4C)cc3oc-2c1. The van der Waals surface area contributed by atoms with Crippen LogP contribution in [0.15, 0.2) is 148 Å². The molecule has 1 aliphatic carbocycles. The molecule has 4 amide bonds. The van der Waals surface area contributed by atoms with Gasteiger partial charge in [0.05, 0.1) is 22.4 Å². The van der Waals surface area contributed by atoms with Crippen LogP contribution < -0.4 is 31.9 Å². The summed E-state index contributed by atoms with van der Waals surface area (Å²) in [6.45, 7) is 11.7. The molecule has 64 heavy (non-hydrogen) atoms. The zero-order valence-corrected chi connectivity index (χ0v) is 36.9. The van der Waals surface area contributed by atoms with Crippen LogP contribution in [0.25, 0.3) is 33.4 Å². The van der Waals surface area contributed by atoms with Gasteiger partial charge in [-0.05, 0) is 130 Å². The second kappa shape index (κ2) is 17.6. The Hall–Kier alpha value is -7.74. The van der Waals surface area contributed by atoms with Crippen LogP contribution in [0.5, 0.6) is 0 Å². The van der Waals surface area contributed by atoms with Crippen molar-refractivity contribution in [3.63, 3.8) is 0 Å². The molecule has 0 saturated carbocycles. The number of anilines is 6. The van der Waals surface area contributed by atoms with Gasteiger partial charge in [0.25, 0.3) is 10.1 Å². The van der Waals surface area contributed by atoms with E-state index in [0.717, 1.165) is 39.1 Å². The van der Waals surface area contributed by atoms with Gasteiger partial charge >= 0.3 is 12.1 Å². The number of urea groups is 2. The molecule has 13 heteroatoms. The summed E-state index contributed by atoms with van der Waals surface area (Å²) < 4.78 is 42.7. The zero-order chi connectivity index (χ0) is 45.3. The van der Waals surface area contributed by atoms with Crippen LogP contribution in [0.4, 0.5) is 49.4 Å². The Labute approximate surface area is 371 Å². The van der Waals surface area contributed by atoms with E-state index < -0.39 is 10.1 Å². The molecule has 8 rings (SSSR count). The number of fused-ring (bicyclic) bond motifs is 2. The molecule has 6 aromatic rings. The van der Waals surface area contributed by atoms with Crippen molar-refractivity contribution in [3.05, 3.63) is 172 Å². The molecule has 0 fully saturated rings. The van der Waals surface area contributed by atoms with E-state index in [4.69, 9.17) is 9.41 Å². The van der Waals surface area contributed by atoms with Crippen molar-refractivity contribution in [2.75, 3.05) is 26.6 Å². The smallest absolute Gasteiger partial charge is 0.323 e. The van der Waals surface area contributed by atoms with Crippen molar-refractivity contribution in [2.24, 2.45) is 4.99 Å². The van der Waals surface area contributed by atoms with Crippen LogP contribution in [0.3, 0.4) is 0 Å². The summed E-state index contributed by atoms with van der Waals surface area (Å²) >= 11 is 0. The molecule has 0 unspecified atom stereocenters. The second-order valence-corrected chi connectivity index (χ2v) is 17.1. The Kier molecular flexibility index (Phi) is 11.8. The minimum Gasteiger partial charge on any atom is -0.456 e. The fourth-order valence-corrected chi connectivity index (χ4v) is 8.89. The maximum atomic E-state index is 13.1. The van der Waals surface area contributed by atoms with Crippen molar-refractivity contribution in [2.45, 2.75) is 46.4 Å². The fourth-order valence-electron chi connectivity index (χ4n) is 8.19. The summed E-state index contributed by atoms with van der Waals surface area (Å²) in [5.41, 5.74) is 11.8. The number of nitrogens with one attached hydrogen (secondary N) is 5. The lowest BCUT2D eigenvalue weighted by molar-refractivity contribution is 0.261. The van der Waals surface area contributed by atoms with Gasteiger partial charge in [-0.25, -0.2) is 14.6 Å². The lowest BCUT2D eigenvalue weighted by Crippen LogP contribution is -2.21. The number of hydrogen-bond acceptors (Lipinski definition) is 7. The van der Waals surface area contributed by atoms with Gasteiger partial charge in [0.1, 0.15) is 16.2 Å². The van der Waals surface area contributed by atoms with Crippen molar-refractivity contribution >= 4 is 73.0 Å². The number of para-hydroxylation sites is 2. The summed E-state index contributed by atoms with van der Waals surface area (Å²) in [4.78, 5) is 31.0. The van der Waals surface area contributed by atoms with Gasteiger partial charge in [-0.3, -0.25) is 4.55 Å². The number of hydrogen-bond donors (Lipinski definition) is 6. The van der Waals surface area contributed by atoms with Gasteiger partial charge in [-0.2, -0.15) is 8.42 Å². The molecule has 12 nitrogen and oxygen atoms in total. The van der Waals surface area contributed by atoms with Gasteiger partial charge in [0.15, 0.2) is 0 Å². The molecule has 0 spiro atoms. The summed E-state index contributed by atoms with van der Waals surface area (Å²) in [7, 11) is -4.63. The Morgan fingerprint density at radius 1 is 0.547 bits per heavy atom. The highest BCUT2D eigenvalue weighted by Gasteiger charge is 2.24. The van der Waals surface area contributed by atoms with E-state index in [0.29, 0.717) is 72.9 Å². The third-order valence-electron chi connectivity index (χ3n) is 11.1. The van der Waals surface area contributed by atoms with Gasteiger partial charge in [-0.15, -0.1) is 0 Å². The van der Waals surface area contributed by atoms with Gasteiger partial charge in [0, 0.05) is 57.0 Å². The number of rotatable bonds is 9. The Bertz CT molecular complexity index is 3280. The topological polar surface area (TPSA) is 174 Å². The number of nitrogens with zero attached hydrogens (tertiary/aromatic N) is 1. The first-order valence-electron chi connectivity index (χ1n) is 20.5. The molecule has 322 valence electrons. The highest BCUT2D eigenvalue weighted by atomic mass is 32.2. The molecular formula is C51H46N6O6S. The Balaban J connectivity index is 1.22. The van der Waals surface area contributed by atoms with Gasteiger partial charge in [-0.1, -0.05) is 66.7 Å². The number of carbonyl (C=O) groups excluding carboxylic acids is 2. The minimum atomic E-state index is -4.63. The lowest BCUT2D eigenvalue weighted by atomic mass is 9.93. The lowest BCUT2D eigenvalue weighted by Gasteiger charge is -2.21. The number of benzene rings is 7. The molecule has 1 heterocycles. The summed E-state index contributed by atoms with van der Waals surface area (Å²) in [6.07, 6.45) is 0. The average molecular weight is 871 g/mol. The Morgan fingerprint density at radius 2 is 1.11 bits per heavy atom. The molecular weight excluding hydrogens is 825 g/mol. The van der Waals surface area contributed by atoms with Crippen LogP contribution in [0.2, 0.25) is 0 Å². The molecule has 0 bridgehead atoms. The summed E-state index contributed by atoms with van der Waals surface area (Å²) in [5, 5.41) is 16.5. The highest BCUT2D eigenvalue weighted by Crippen LogP contribution is 2.44. The molecule has 2 aliphatic rings. The molecule has 0 aromatic heterocycles. The molecule has 1 aliphatic heterocycles. The first-order chi connectivity index (χ1) is 30.6. The molecule has 6 N–H and O–H groups in total. The van der Waals surface area contributed by atoms with E-state index >= 15 is 0 Å². The van der Waals surface area contributed by atoms with Crippen LogP contribution >= 0.6 is 0 Å². The third kappa shape index (κ3) is 8.93. The van der Waals surface area contributed by atoms with E-state index in [-0.39, 0.29) is 17.0 Å². The van der Waals surface area contributed by atoms with E-state index in [2.05, 4.69) is 26.6 Å². The number of carbonyl (C=O) groups is 2. The first kappa shape index (κ1) is 42.9. The molecule has 0 atom stereocenters. The maximum Gasteiger partial charge on any atom is 0.323 e. The van der Waals surface area contributed by atoms with Gasteiger partial charge < -0.3 is 31.0 Å². The van der Waals surface area contributed by atoms with Crippen molar-refractivity contribution in [1.29, 1.82) is 0 Å². The summed E-state index contributed by atoms with van der Waals surface area (Å²) in [5.74, 6) is 0.410. The van der Waals surface area contributed by atoms with E-state index in [1.165, 1.54) is 6.07 Å². The van der Waals surface area contributed by atoms with E-state index in [9.17, 15) is 22.6 Å². The second-order valence-electron chi connectivity index (χ2n) is 15.7. The molecule has 0 radical (unpaired) electrons. The number of amides is 4. The van der Waals surface area contributed by atoms with Crippen LogP contribution in [-0.2, 0) is 10.1 Å². The standard InChI is InChI=1S/C51H46N6O6S/c1-29-25-31(3)48(56-50(58)54-35-15-9-7-10-16-35)33(5)46(29)52-37-21-23-39-42(27-37)63-43-28-38(22-24-40(43)45(39)41-19-13-14-20-44(41)64(60,61)62)53-47-30(2)26-32(4)49(34(47)6)57-51(59)55-36-17-11-8-12-18-36/h7-28,52H,1-6H3,(H2,54,56,58)(H2,55,57,59)(H,60,61,62). The average Bonchev–Trinajstić information content (AvgIpc) is 3.26. The van der Waals surface area contributed by atoms with E-state index in [1.54, 1.807) is 24.3 Å². The van der Waals surface area contributed by atoms with Crippen LogP contribution in [0, 0.1) is 41.5 Å². The van der Waals surface area contributed by atoms with Crippen LogP contribution in [0.1, 0.15) is 33.4 Å². The quantitative estimate of drug-likeness (QED) is 0.0618. The van der Waals surface area contributed by atoms with Crippen molar-refractivity contribution in [1.82, 2.24) is 0 Å².